The van der Waals surface area contributed by atoms with Crippen LogP contribution < -0.4 is 0 Å². The van der Waals surface area contributed by atoms with Gasteiger partial charge < -0.3 is 0 Å². The maximum Gasteiger partial charge on any atom is 0.171 e. The van der Waals surface area contributed by atoms with Gasteiger partial charge in [0, 0.05) is 6.20 Å². The number of pyridine rings is 1. The van der Waals surface area contributed by atoms with E-state index in [-0.39, 0.29) is 0 Å². The molecule has 0 atom stereocenters. The van der Waals surface area contributed by atoms with Gasteiger partial charge in [-0.2, -0.15) is 5.26 Å². The molecule has 0 aromatic carbocycles. The fraction of sp³-hybridized carbons (Fsp3) is 0.417. The Balaban J connectivity index is 2.20. The summed E-state index contributed by atoms with van der Waals surface area (Å²) in [4.78, 5) is 4.51. The molecule has 0 aliphatic heterocycles. The molecule has 0 bridgehead atoms. The number of hydrogen-bond acceptors (Lipinski definition) is 3. The van der Waals surface area contributed by atoms with E-state index in [1.165, 1.54) is 0 Å². The van der Waals surface area contributed by atoms with Crippen molar-refractivity contribution in [2.45, 2.75) is 31.6 Å². The molecule has 2 heterocycles. The molecule has 0 amide bonds. The second-order valence-corrected chi connectivity index (χ2v) is 4.44. The Morgan fingerprint density at radius 3 is 2.88 bits per heavy atom. The van der Waals surface area contributed by atoms with Gasteiger partial charge in [-0.05, 0) is 37.8 Å². The zero-order chi connectivity index (χ0) is 11.2. The van der Waals surface area contributed by atoms with Crippen molar-refractivity contribution in [3.8, 4) is 6.07 Å². The standard InChI is InChI=1S/C12H12N4/c1-9-4-2-7-16-10(9)14-11(15-16)12(8-13)5-3-6-12/h2,4,7H,3,5-6H2,1H3. The Hall–Kier alpha value is -1.89. The van der Waals surface area contributed by atoms with E-state index in [9.17, 15) is 5.26 Å². The van der Waals surface area contributed by atoms with Crippen LogP contribution in [0.5, 0.6) is 0 Å². The molecule has 1 aliphatic carbocycles. The number of rotatable bonds is 1. The summed E-state index contributed by atoms with van der Waals surface area (Å²) in [6.45, 7) is 2.01. The highest BCUT2D eigenvalue weighted by Crippen LogP contribution is 2.41. The van der Waals surface area contributed by atoms with Gasteiger partial charge in [0.05, 0.1) is 6.07 Å². The molecule has 0 spiro atoms. The first kappa shape index (κ1) is 9.34. The van der Waals surface area contributed by atoms with Gasteiger partial charge in [0.15, 0.2) is 11.5 Å². The third-order valence-electron chi connectivity index (χ3n) is 3.41. The fourth-order valence-electron chi connectivity index (χ4n) is 2.16. The predicted molar refractivity (Wildman–Crippen MR) is 58.9 cm³/mol. The minimum atomic E-state index is -0.418. The van der Waals surface area contributed by atoms with Crippen LogP contribution in [-0.2, 0) is 5.41 Å². The van der Waals surface area contributed by atoms with Gasteiger partial charge in [0.25, 0.3) is 0 Å². The Labute approximate surface area is 93.5 Å². The van der Waals surface area contributed by atoms with Crippen molar-refractivity contribution in [1.82, 2.24) is 14.6 Å². The molecular weight excluding hydrogens is 200 g/mol. The molecular formula is C12H12N4. The first-order chi connectivity index (χ1) is 7.75. The van der Waals surface area contributed by atoms with Crippen molar-refractivity contribution in [3.63, 3.8) is 0 Å². The first-order valence-corrected chi connectivity index (χ1v) is 5.49. The van der Waals surface area contributed by atoms with Crippen LogP contribution >= 0.6 is 0 Å². The molecule has 0 N–H and O–H groups in total. The number of hydrogen-bond donors (Lipinski definition) is 0. The molecule has 2 aromatic heterocycles. The molecule has 4 nitrogen and oxygen atoms in total. The Kier molecular flexibility index (Phi) is 1.78. The van der Waals surface area contributed by atoms with E-state index in [1.54, 1.807) is 4.52 Å². The van der Waals surface area contributed by atoms with Gasteiger partial charge in [-0.15, -0.1) is 5.10 Å². The molecule has 3 rings (SSSR count). The lowest BCUT2D eigenvalue weighted by Crippen LogP contribution is -2.33. The fourth-order valence-corrected chi connectivity index (χ4v) is 2.16. The molecule has 16 heavy (non-hydrogen) atoms. The summed E-state index contributed by atoms with van der Waals surface area (Å²) in [5, 5.41) is 13.7. The number of nitrogens with zero attached hydrogens (tertiary/aromatic N) is 4. The van der Waals surface area contributed by atoms with E-state index < -0.39 is 5.41 Å². The summed E-state index contributed by atoms with van der Waals surface area (Å²) in [5.74, 6) is 0.690. The van der Waals surface area contributed by atoms with E-state index in [4.69, 9.17) is 0 Å². The molecule has 0 unspecified atom stereocenters. The van der Waals surface area contributed by atoms with Gasteiger partial charge in [-0.1, -0.05) is 6.07 Å². The van der Waals surface area contributed by atoms with E-state index in [0.29, 0.717) is 5.82 Å². The Morgan fingerprint density at radius 1 is 1.50 bits per heavy atom. The highest BCUT2D eigenvalue weighted by atomic mass is 15.3. The Morgan fingerprint density at radius 2 is 2.31 bits per heavy atom. The van der Waals surface area contributed by atoms with E-state index in [0.717, 1.165) is 30.5 Å². The first-order valence-electron chi connectivity index (χ1n) is 5.49. The second kappa shape index (κ2) is 3.05. The van der Waals surface area contributed by atoms with E-state index in [1.807, 2.05) is 25.3 Å². The van der Waals surface area contributed by atoms with Crippen molar-refractivity contribution in [3.05, 3.63) is 29.7 Å². The van der Waals surface area contributed by atoms with Crippen molar-refractivity contribution in [1.29, 1.82) is 5.26 Å². The summed E-state index contributed by atoms with van der Waals surface area (Å²) in [5.41, 5.74) is 1.53. The average molecular weight is 212 g/mol. The number of aromatic nitrogens is 3. The van der Waals surface area contributed by atoms with Gasteiger partial charge in [-0.25, -0.2) is 9.50 Å². The quantitative estimate of drug-likeness (QED) is 0.726. The van der Waals surface area contributed by atoms with Crippen LogP contribution in [0, 0.1) is 18.3 Å². The highest BCUT2D eigenvalue weighted by Gasteiger charge is 2.42. The maximum absolute atomic E-state index is 9.25. The zero-order valence-corrected chi connectivity index (χ0v) is 9.14. The van der Waals surface area contributed by atoms with Crippen LogP contribution in [-0.4, -0.2) is 14.6 Å². The third kappa shape index (κ3) is 1.09. The third-order valence-corrected chi connectivity index (χ3v) is 3.41. The van der Waals surface area contributed by atoms with Crippen LogP contribution in [0.25, 0.3) is 5.65 Å². The minimum absolute atomic E-state index is 0.418. The van der Waals surface area contributed by atoms with E-state index >= 15 is 0 Å². The lowest BCUT2D eigenvalue weighted by molar-refractivity contribution is 0.307. The minimum Gasteiger partial charge on any atom is -0.221 e. The SMILES string of the molecule is Cc1cccn2nc(C3(C#N)CCC3)nc12. The predicted octanol–water partition coefficient (Wildman–Crippen LogP) is 1.98. The molecule has 1 saturated carbocycles. The van der Waals surface area contributed by atoms with Gasteiger partial charge in [-0.3, -0.25) is 0 Å². The largest absolute Gasteiger partial charge is 0.221 e. The molecule has 2 aromatic rings. The average Bonchev–Trinajstić information content (AvgIpc) is 2.62. The van der Waals surface area contributed by atoms with Crippen molar-refractivity contribution in [2.24, 2.45) is 0 Å². The van der Waals surface area contributed by atoms with Crippen molar-refractivity contribution < 1.29 is 0 Å². The zero-order valence-electron chi connectivity index (χ0n) is 9.14. The smallest absolute Gasteiger partial charge is 0.171 e. The van der Waals surface area contributed by atoms with Gasteiger partial charge in [0.1, 0.15) is 5.41 Å². The summed E-state index contributed by atoms with van der Waals surface area (Å²) >= 11 is 0. The number of fused-ring (bicyclic) bond motifs is 1. The summed E-state index contributed by atoms with van der Waals surface area (Å²) in [7, 11) is 0. The molecule has 80 valence electrons. The summed E-state index contributed by atoms with van der Waals surface area (Å²) in [6.07, 6.45) is 4.75. The summed E-state index contributed by atoms with van der Waals surface area (Å²) in [6, 6.07) is 6.33. The van der Waals surface area contributed by atoms with Crippen LogP contribution in [0.4, 0.5) is 0 Å². The molecule has 1 fully saturated rings. The van der Waals surface area contributed by atoms with Crippen LogP contribution in [0.15, 0.2) is 18.3 Å². The van der Waals surface area contributed by atoms with Crippen LogP contribution in [0.2, 0.25) is 0 Å². The monoisotopic (exact) mass is 212 g/mol. The number of aryl methyl sites for hydroxylation is 1. The normalized spacial score (nSPS) is 18.0. The van der Waals surface area contributed by atoms with E-state index in [2.05, 4.69) is 16.2 Å². The maximum atomic E-state index is 9.25. The van der Waals surface area contributed by atoms with Crippen LogP contribution in [0.3, 0.4) is 0 Å². The van der Waals surface area contributed by atoms with Crippen LogP contribution in [0.1, 0.15) is 30.7 Å². The topological polar surface area (TPSA) is 54.0 Å². The van der Waals surface area contributed by atoms with Crippen molar-refractivity contribution in [2.75, 3.05) is 0 Å². The molecule has 0 radical (unpaired) electrons. The summed E-state index contributed by atoms with van der Waals surface area (Å²) < 4.78 is 1.77. The lowest BCUT2D eigenvalue weighted by atomic mass is 9.69. The molecule has 0 saturated heterocycles. The second-order valence-electron chi connectivity index (χ2n) is 4.44. The van der Waals surface area contributed by atoms with Gasteiger partial charge in [0.2, 0.25) is 0 Å². The van der Waals surface area contributed by atoms with Crippen molar-refractivity contribution >= 4 is 5.65 Å². The molecule has 1 aliphatic rings. The van der Waals surface area contributed by atoms with Gasteiger partial charge >= 0.3 is 0 Å². The number of nitriles is 1. The molecule has 4 heteroatoms. The highest BCUT2D eigenvalue weighted by molar-refractivity contribution is 5.47. The Bertz CT molecular complexity index is 587. The lowest BCUT2D eigenvalue weighted by Gasteiger charge is -2.31.